The standard InChI is InChI=1S/2C10H22.8CH4/c2*1-9(2)7-5-6-8-10(3)4;;;;;;;;/h2*9-10H,5-8H2,1-4H3;8*1H4. The number of unbranched alkanes of at least 4 members (excludes halogenated alkanes) is 2. The van der Waals surface area contributed by atoms with E-state index in [1.165, 1.54) is 51.4 Å². The van der Waals surface area contributed by atoms with E-state index in [1.807, 2.05) is 0 Å². The van der Waals surface area contributed by atoms with Crippen LogP contribution in [0.4, 0.5) is 0 Å². The average Bonchev–Trinajstić information content (AvgIpc) is 2.30. The minimum Gasteiger partial charge on any atom is -0.0776 e. The first kappa shape index (κ1) is 63.0. The highest BCUT2D eigenvalue weighted by Crippen LogP contribution is 2.12. The topological polar surface area (TPSA) is 0 Å². The molecule has 28 heavy (non-hydrogen) atoms. The Bertz CT molecular complexity index is 125. The summed E-state index contributed by atoms with van der Waals surface area (Å²) in [5.74, 6) is 3.58. The Kier molecular flexibility index (Phi) is 103. The van der Waals surface area contributed by atoms with E-state index in [1.54, 1.807) is 0 Å². The molecule has 0 nitrogen and oxygen atoms in total. The molecule has 0 saturated carbocycles. The largest absolute Gasteiger partial charge is 0.0776 e. The van der Waals surface area contributed by atoms with Gasteiger partial charge in [-0.3, -0.25) is 0 Å². The monoisotopic (exact) mass is 413 g/mol. The van der Waals surface area contributed by atoms with Gasteiger partial charge in [-0.1, -0.05) is 166 Å². The summed E-state index contributed by atoms with van der Waals surface area (Å²) >= 11 is 0. The Labute approximate surface area is 190 Å². The SMILES string of the molecule is C.C.C.C.C.C.C.C.CC(C)CCCCC(C)C.CC(C)CCCCC(C)C. The van der Waals surface area contributed by atoms with Crippen LogP contribution in [0.2, 0.25) is 0 Å². The number of hydrogen-bond acceptors (Lipinski definition) is 0. The molecule has 0 aromatic rings. The first-order valence-corrected chi connectivity index (χ1v) is 9.25. The van der Waals surface area contributed by atoms with Gasteiger partial charge in [0.25, 0.3) is 0 Å². The van der Waals surface area contributed by atoms with Crippen molar-refractivity contribution in [1.82, 2.24) is 0 Å². The summed E-state index contributed by atoms with van der Waals surface area (Å²) in [7, 11) is 0. The van der Waals surface area contributed by atoms with Crippen molar-refractivity contribution < 1.29 is 0 Å². The van der Waals surface area contributed by atoms with Gasteiger partial charge in [0.05, 0.1) is 0 Å². The fraction of sp³-hybridized carbons (Fsp3) is 1.00. The zero-order chi connectivity index (χ0) is 16.0. The molecule has 0 spiro atoms. The van der Waals surface area contributed by atoms with E-state index < -0.39 is 0 Å². The van der Waals surface area contributed by atoms with Crippen LogP contribution in [0, 0.1) is 23.7 Å². The quantitative estimate of drug-likeness (QED) is 0.313. The lowest BCUT2D eigenvalue weighted by atomic mass is 10.0. The molecule has 0 aliphatic carbocycles. The first-order chi connectivity index (χ1) is 9.25. The van der Waals surface area contributed by atoms with E-state index in [4.69, 9.17) is 0 Å². The van der Waals surface area contributed by atoms with Gasteiger partial charge in [0.2, 0.25) is 0 Å². The Balaban J connectivity index is -0.0000000225. The van der Waals surface area contributed by atoms with Crippen molar-refractivity contribution in [3.8, 4) is 0 Å². The molecule has 0 atom stereocenters. The molecular formula is C28H76. The van der Waals surface area contributed by atoms with E-state index in [9.17, 15) is 0 Å². The van der Waals surface area contributed by atoms with Crippen LogP contribution >= 0.6 is 0 Å². The first-order valence-electron chi connectivity index (χ1n) is 9.25. The Morgan fingerprint density at radius 1 is 0.286 bits per heavy atom. The van der Waals surface area contributed by atoms with Crippen molar-refractivity contribution in [2.75, 3.05) is 0 Å². The maximum Gasteiger partial charge on any atom is -0.0471 e. The van der Waals surface area contributed by atoms with Crippen LogP contribution in [0.5, 0.6) is 0 Å². The fourth-order valence-electron chi connectivity index (χ4n) is 2.21. The molecule has 0 aliphatic heterocycles. The molecule has 0 saturated heterocycles. The summed E-state index contributed by atoms with van der Waals surface area (Å²) in [5, 5.41) is 0. The molecule has 0 aromatic heterocycles. The third-order valence-corrected chi connectivity index (χ3v) is 3.63. The highest BCUT2D eigenvalue weighted by Gasteiger charge is 1.96. The molecule has 0 fully saturated rings. The summed E-state index contributed by atoms with van der Waals surface area (Å²) in [6.07, 6.45) is 11.3. The molecule has 0 radical (unpaired) electrons. The predicted molar refractivity (Wildman–Crippen MR) is 150 cm³/mol. The minimum atomic E-state index is 0. The van der Waals surface area contributed by atoms with Crippen LogP contribution in [0.3, 0.4) is 0 Å². The number of hydrogen-bond donors (Lipinski definition) is 0. The summed E-state index contributed by atoms with van der Waals surface area (Å²) in [4.78, 5) is 0. The van der Waals surface area contributed by atoms with Gasteiger partial charge in [-0.15, -0.1) is 0 Å². The molecule has 188 valence electrons. The molecule has 0 unspecified atom stereocenters. The van der Waals surface area contributed by atoms with Crippen molar-refractivity contribution >= 4 is 0 Å². The Hall–Kier alpha value is 0. The fourth-order valence-corrected chi connectivity index (χ4v) is 2.21. The highest BCUT2D eigenvalue weighted by atomic mass is 14.0. The maximum absolute atomic E-state index is 2.30. The number of rotatable bonds is 10. The van der Waals surface area contributed by atoms with Gasteiger partial charge in [-0.25, -0.2) is 0 Å². The van der Waals surface area contributed by atoms with Gasteiger partial charge in [0, 0.05) is 0 Å². The van der Waals surface area contributed by atoms with Gasteiger partial charge in [0.15, 0.2) is 0 Å². The van der Waals surface area contributed by atoms with Gasteiger partial charge in [-0.05, 0) is 23.7 Å². The molecule has 0 heteroatoms. The second kappa shape index (κ2) is 45.6. The smallest absolute Gasteiger partial charge is 0.0471 e. The van der Waals surface area contributed by atoms with E-state index in [0.29, 0.717) is 0 Å². The van der Waals surface area contributed by atoms with Gasteiger partial charge < -0.3 is 0 Å². The zero-order valence-corrected chi connectivity index (χ0v) is 16.0. The van der Waals surface area contributed by atoms with Gasteiger partial charge >= 0.3 is 0 Å². The van der Waals surface area contributed by atoms with Crippen molar-refractivity contribution in [2.24, 2.45) is 23.7 Å². The molecular weight excluding hydrogens is 336 g/mol. The lowest BCUT2D eigenvalue weighted by Gasteiger charge is -2.05. The summed E-state index contributed by atoms with van der Waals surface area (Å²) in [6, 6.07) is 0. The molecule has 0 bridgehead atoms. The third-order valence-electron chi connectivity index (χ3n) is 3.63. The summed E-state index contributed by atoms with van der Waals surface area (Å²) in [6.45, 7) is 18.4. The van der Waals surface area contributed by atoms with Crippen molar-refractivity contribution in [3.05, 3.63) is 0 Å². The van der Waals surface area contributed by atoms with Gasteiger partial charge in [-0.2, -0.15) is 0 Å². The molecule has 0 aliphatic rings. The van der Waals surface area contributed by atoms with Crippen molar-refractivity contribution in [2.45, 2.75) is 166 Å². The van der Waals surface area contributed by atoms with Crippen molar-refractivity contribution in [3.63, 3.8) is 0 Å². The second-order valence-electron chi connectivity index (χ2n) is 8.14. The lowest BCUT2D eigenvalue weighted by molar-refractivity contribution is 0.483. The molecule has 0 N–H and O–H groups in total. The van der Waals surface area contributed by atoms with E-state index in [2.05, 4.69) is 55.4 Å². The van der Waals surface area contributed by atoms with E-state index in [-0.39, 0.29) is 59.4 Å². The Morgan fingerprint density at radius 2 is 0.393 bits per heavy atom. The van der Waals surface area contributed by atoms with Crippen LogP contribution in [0.1, 0.15) is 166 Å². The third kappa shape index (κ3) is 82.9. The summed E-state index contributed by atoms with van der Waals surface area (Å²) in [5.41, 5.74) is 0. The van der Waals surface area contributed by atoms with E-state index >= 15 is 0 Å². The lowest BCUT2D eigenvalue weighted by Crippen LogP contribution is -1.90. The molecule has 0 aromatic carbocycles. The van der Waals surface area contributed by atoms with Crippen LogP contribution in [-0.4, -0.2) is 0 Å². The normalized spacial score (nSPS) is 8.14. The minimum absolute atomic E-state index is 0. The van der Waals surface area contributed by atoms with E-state index in [0.717, 1.165) is 23.7 Å². The summed E-state index contributed by atoms with van der Waals surface area (Å²) < 4.78 is 0. The van der Waals surface area contributed by atoms with Crippen molar-refractivity contribution in [1.29, 1.82) is 0 Å². The Morgan fingerprint density at radius 3 is 0.464 bits per heavy atom. The highest BCUT2D eigenvalue weighted by molar-refractivity contribution is 4.50. The van der Waals surface area contributed by atoms with Crippen LogP contribution in [0.25, 0.3) is 0 Å². The molecule has 0 amide bonds. The maximum atomic E-state index is 2.30. The molecule has 0 heterocycles. The van der Waals surface area contributed by atoms with Gasteiger partial charge in [0.1, 0.15) is 0 Å². The van der Waals surface area contributed by atoms with Crippen LogP contribution in [-0.2, 0) is 0 Å². The van der Waals surface area contributed by atoms with Crippen LogP contribution in [0.15, 0.2) is 0 Å². The zero-order valence-electron chi connectivity index (χ0n) is 16.0. The average molecular weight is 413 g/mol. The van der Waals surface area contributed by atoms with Crippen LogP contribution < -0.4 is 0 Å². The molecule has 0 rings (SSSR count). The second-order valence-corrected chi connectivity index (χ2v) is 8.14. The predicted octanol–water partition coefficient (Wildman–Crippen LogP) is 12.8.